The molecular weight excluding hydrogens is 402 g/mol. The number of carbonyl (C=O) groups is 2. The Bertz CT molecular complexity index is 1080. The third kappa shape index (κ3) is 4.36. The van der Waals surface area contributed by atoms with Crippen LogP contribution in [0.2, 0.25) is 0 Å². The first-order valence-electron chi connectivity index (χ1n) is 11.2. The van der Waals surface area contributed by atoms with Crippen molar-refractivity contribution in [3.05, 3.63) is 70.8 Å². The highest BCUT2D eigenvalue weighted by Crippen LogP contribution is 2.45. The Labute approximate surface area is 189 Å². The molecule has 5 heteroatoms. The highest BCUT2D eigenvalue weighted by Gasteiger charge is 2.53. The monoisotopic (exact) mass is 431 g/mol. The van der Waals surface area contributed by atoms with Crippen LogP contribution in [0.25, 0.3) is 0 Å². The lowest BCUT2D eigenvalue weighted by Crippen LogP contribution is -2.51. The van der Waals surface area contributed by atoms with E-state index in [1.807, 2.05) is 56.3 Å². The zero-order valence-electron chi connectivity index (χ0n) is 18.9. The molecule has 0 spiro atoms. The van der Waals surface area contributed by atoms with Crippen molar-refractivity contribution in [1.82, 2.24) is 4.90 Å². The van der Waals surface area contributed by atoms with E-state index in [0.29, 0.717) is 18.5 Å². The quantitative estimate of drug-likeness (QED) is 0.502. The summed E-state index contributed by atoms with van der Waals surface area (Å²) in [4.78, 5) is 27.3. The molecule has 2 fully saturated rings. The highest BCUT2D eigenvalue weighted by atomic mass is 16.6. The van der Waals surface area contributed by atoms with Crippen LogP contribution >= 0.6 is 0 Å². The molecule has 1 amide bonds. The fourth-order valence-corrected chi connectivity index (χ4v) is 5.06. The van der Waals surface area contributed by atoms with Crippen molar-refractivity contribution in [2.45, 2.75) is 51.2 Å². The first-order chi connectivity index (χ1) is 15.4. The van der Waals surface area contributed by atoms with Gasteiger partial charge in [0.25, 0.3) is 0 Å². The summed E-state index contributed by atoms with van der Waals surface area (Å²) in [5, 5.41) is 0. The minimum Gasteiger partial charge on any atom is -0.453 e. The minimum absolute atomic E-state index is 0.0479. The van der Waals surface area contributed by atoms with Crippen LogP contribution in [0.4, 0.5) is 4.79 Å². The molecule has 2 aromatic carbocycles. The number of likely N-dealkylation sites (tertiary alicyclic amines) is 1. The Kier molecular flexibility index (Phi) is 6.23. The molecule has 4 rings (SSSR count). The summed E-state index contributed by atoms with van der Waals surface area (Å²) in [6, 6.07) is 15.4. The van der Waals surface area contributed by atoms with Crippen LogP contribution in [-0.4, -0.2) is 42.3 Å². The van der Waals surface area contributed by atoms with E-state index < -0.39 is 5.60 Å². The highest BCUT2D eigenvalue weighted by molar-refractivity contribution is 5.90. The molecule has 0 radical (unpaired) electrons. The lowest BCUT2D eigenvalue weighted by atomic mass is 9.72. The summed E-state index contributed by atoms with van der Waals surface area (Å²) in [5.41, 5.74) is 2.59. The molecule has 1 saturated carbocycles. The second-order valence-corrected chi connectivity index (χ2v) is 8.79. The summed E-state index contributed by atoms with van der Waals surface area (Å²) < 4.78 is 11.3. The predicted molar refractivity (Wildman–Crippen MR) is 122 cm³/mol. The van der Waals surface area contributed by atoms with E-state index in [4.69, 9.17) is 9.47 Å². The fraction of sp³-hybridized carbons (Fsp3) is 0.407. The van der Waals surface area contributed by atoms with Gasteiger partial charge < -0.3 is 14.4 Å². The van der Waals surface area contributed by atoms with Crippen molar-refractivity contribution in [3.63, 3.8) is 0 Å². The Morgan fingerprint density at radius 3 is 2.53 bits per heavy atom. The normalized spacial score (nSPS) is 24.2. The number of rotatable bonds is 2. The van der Waals surface area contributed by atoms with E-state index in [0.717, 1.165) is 36.0 Å². The van der Waals surface area contributed by atoms with Gasteiger partial charge in [0.1, 0.15) is 0 Å². The molecule has 166 valence electrons. The van der Waals surface area contributed by atoms with Gasteiger partial charge in [0.05, 0.1) is 12.7 Å². The number of esters is 1. The van der Waals surface area contributed by atoms with Crippen molar-refractivity contribution in [2.75, 3.05) is 13.7 Å². The van der Waals surface area contributed by atoms with Gasteiger partial charge in [0, 0.05) is 24.1 Å². The van der Waals surface area contributed by atoms with Crippen LogP contribution in [-0.2, 0) is 9.47 Å². The number of methoxy groups -OCH3 is 1. The van der Waals surface area contributed by atoms with E-state index in [1.165, 1.54) is 7.11 Å². The van der Waals surface area contributed by atoms with Crippen LogP contribution in [0.5, 0.6) is 0 Å². The van der Waals surface area contributed by atoms with Crippen LogP contribution in [0.1, 0.15) is 52.7 Å². The SMILES string of the molecule is COC(=O)N1CCC2C1CCCC2(C#Cc1cccc(C)c1)OC(=O)c1cccc(C)c1. The molecule has 0 N–H and O–H groups in total. The lowest BCUT2D eigenvalue weighted by molar-refractivity contribution is -0.0445. The first kappa shape index (κ1) is 22.0. The number of fused-ring (bicyclic) bond motifs is 1. The number of ether oxygens (including phenoxy) is 2. The van der Waals surface area contributed by atoms with Crippen molar-refractivity contribution in [3.8, 4) is 11.8 Å². The van der Waals surface area contributed by atoms with Crippen molar-refractivity contribution in [2.24, 2.45) is 5.92 Å². The van der Waals surface area contributed by atoms with E-state index in [2.05, 4.69) is 11.8 Å². The average Bonchev–Trinajstić information content (AvgIpc) is 3.23. The van der Waals surface area contributed by atoms with Crippen LogP contribution in [0.15, 0.2) is 48.5 Å². The van der Waals surface area contributed by atoms with Gasteiger partial charge in [-0.1, -0.05) is 35.7 Å². The van der Waals surface area contributed by atoms with E-state index in [1.54, 1.807) is 11.0 Å². The van der Waals surface area contributed by atoms with Crippen molar-refractivity contribution >= 4 is 12.1 Å². The summed E-state index contributed by atoms with van der Waals surface area (Å²) in [7, 11) is 1.40. The third-order valence-electron chi connectivity index (χ3n) is 6.57. The third-order valence-corrected chi connectivity index (χ3v) is 6.57. The van der Waals surface area contributed by atoms with E-state index >= 15 is 0 Å². The molecule has 0 bridgehead atoms. The van der Waals surface area contributed by atoms with Crippen molar-refractivity contribution in [1.29, 1.82) is 0 Å². The van der Waals surface area contributed by atoms with Gasteiger partial charge in [-0.3, -0.25) is 0 Å². The predicted octanol–water partition coefficient (Wildman–Crippen LogP) is 4.89. The summed E-state index contributed by atoms with van der Waals surface area (Å²) in [5.74, 6) is 6.22. The topological polar surface area (TPSA) is 55.8 Å². The van der Waals surface area contributed by atoms with Gasteiger partial charge in [-0.05, 0) is 75.3 Å². The molecule has 1 aliphatic heterocycles. The molecule has 3 atom stereocenters. The van der Waals surface area contributed by atoms with Gasteiger partial charge >= 0.3 is 12.1 Å². The van der Waals surface area contributed by atoms with Crippen LogP contribution in [0, 0.1) is 31.6 Å². The summed E-state index contributed by atoms with van der Waals surface area (Å²) in [6.45, 7) is 4.56. The molecule has 1 aliphatic carbocycles. The number of aryl methyl sites for hydroxylation is 2. The molecule has 2 aromatic rings. The van der Waals surface area contributed by atoms with Gasteiger partial charge in [-0.15, -0.1) is 0 Å². The number of benzene rings is 2. The maximum Gasteiger partial charge on any atom is 0.409 e. The Morgan fingerprint density at radius 2 is 1.81 bits per heavy atom. The first-order valence-corrected chi connectivity index (χ1v) is 11.2. The fourth-order valence-electron chi connectivity index (χ4n) is 5.06. The molecule has 3 unspecified atom stereocenters. The minimum atomic E-state index is -0.948. The number of amides is 1. The maximum atomic E-state index is 13.2. The van der Waals surface area contributed by atoms with Crippen molar-refractivity contribution < 1.29 is 19.1 Å². The van der Waals surface area contributed by atoms with E-state index in [-0.39, 0.29) is 24.0 Å². The number of hydrogen-bond donors (Lipinski definition) is 0. The van der Waals surface area contributed by atoms with Crippen LogP contribution < -0.4 is 0 Å². The maximum absolute atomic E-state index is 13.2. The van der Waals surface area contributed by atoms with Gasteiger partial charge in [0.2, 0.25) is 0 Å². The second-order valence-electron chi connectivity index (χ2n) is 8.79. The zero-order chi connectivity index (χ0) is 22.7. The summed E-state index contributed by atoms with van der Waals surface area (Å²) in [6.07, 6.45) is 2.72. The second kappa shape index (κ2) is 9.08. The number of nitrogens with zero attached hydrogens (tertiary/aromatic N) is 1. The average molecular weight is 432 g/mol. The van der Waals surface area contributed by atoms with Gasteiger partial charge in [0.15, 0.2) is 5.60 Å². The number of hydrogen-bond acceptors (Lipinski definition) is 4. The molecule has 1 heterocycles. The Hall–Kier alpha value is -3.26. The lowest BCUT2D eigenvalue weighted by Gasteiger charge is -2.42. The molecule has 0 aromatic heterocycles. The zero-order valence-corrected chi connectivity index (χ0v) is 18.9. The molecule has 2 aliphatic rings. The number of carbonyl (C=O) groups excluding carboxylic acids is 2. The smallest absolute Gasteiger partial charge is 0.409 e. The molecule has 32 heavy (non-hydrogen) atoms. The Morgan fingerprint density at radius 1 is 1.06 bits per heavy atom. The molecule has 1 saturated heterocycles. The molecular formula is C27H29NO4. The van der Waals surface area contributed by atoms with Gasteiger partial charge in [-0.25, -0.2) is 9.59 Å². The van der Waals surface area contributed by atoms with Crippen LogP contribution in [0.3, 0.4) is 0 Å². The van der Waals surface area contributed by atoms with E-state index in [9.17, 15) is 9.59 Å². The largest absolute Gasteiger partial charge is 0.453 e. The Balaban J connectivity index is 1.71. The van der Waals surface area contributed by atoms with Gasteiger partial charge in [-0.2, -0.15) is 0 Å². The standard InChI is InChI=1S/C27H29NO4/c1-19-7-4-9-21(17-19)12-15-27(32-25(29)22-10-5-8-20(2)18-22)14-6-11-24-23(27)13-16-28(24)26(30)31-3/h4-5,7-10,17-18,23-24H,6,11,13-14,16H2,1-3H3. The molecule has 5 nitrogen and oxygen atoms in total. The summed E-state index contributed by atoms with van der Waals surface area (Å²) >= 11 is 0.